The second kappa shape index (κ2) is 8.53. The van der Waals surface area contributed by atoms with E-state index in [0.29, 0.717) is 27.8 Å². The standard InChI is InChI=1S/C25H21NO3/c1-16-12-13-19(14-17(16)2)24(27)18(3)29-25(28)23-11-7-6-10-22(23)21-9-5-4-8-20(21)15-26/h4-14,18H,1-3H3/t18-/m0/s1. The first kappa shape index (κ1) is 20.0. The number of nitrogens with zero attached hydrogens (tertiary/aromatic N) is 1. The Kier molecular flexibility index (Phi) is 5.90. The van der Waals surface area contributed by atoms with Crippen molar-refractivity contribution in [1.29, 1.82) is 5.26 Å². The zero-order valence-electron chi connectivity index (χ0n) is 16.6. The summed E-state index contributed by atoms with van der Waals surface area (Å²) in [7, 11) is 0. The Labute approximate surface area is 170 Å². The Hall–Kier alpha value is -3.71. The lowest BCUT2D eigenvalue weighted by Crippen LogP contribution is -2.25. The van der Waals surface area contributed by atoms with Gasteiger partial charge in [0, 0.05) is 11.1 Å². The number of ether oxygens (including phenoxy) is 1. The van der Waals surface area contributed by atoms with Crippen molar-refractivity contribution in [3.05, 3.63) is 94.5 Å². The molecule has 0 aromatic heterocycles. The summed E-state index contributed by atoms with van der Waals surface area (Å²) in [5.41, 5.74) is 4.64. The number of aryl methyl sites for hydroxylation is 2. The van der Waals surface area contributed by atoms with Gasteiger partial charge in [0.05, 0.1) is 17.2 Å². The molecule has 0 fully saturated rings. The number of esters is 1. The van der Waals surface area contributed by atoms with Crippen LogP contribution in [0.2, 0.25) is 0 Å². The number of hydrogen-bond donors (Lipinski definition) is 0. The van der Waals surface area contributed by atoms with Crippen molar-refractivity contribution in [2.45, 2.75) is 26.9 Å². The molecule has 0 radical (unpaired) electrons. The number of benzene rings is 3. The summed E-state index contributed by atoms with van der Waals surface area (Å²) in [5, 5.41) is 9.38. The summed E-state index contributed by atoms with van der Waals surface area (Å²) in [6.45, 7) is 5.48. The molecular weight excluding hydrogens is 362 g/mol. The highest BCUT2D eigenvalue weighted by atomic mass is 16.5. The van der Waals surface area contributed by atoms with Gasteiger partial charge in [-0.15, -0.1) is 0 Å². The van der Waals surface area contributed by atoms with E-state index in [9.17, 15) is 14.9 Å². The number of hydrogen-bond acceptors (Lipinski definition) is 4. The van der Waals surface area contributed by atoms with Gasteiger partial charge in [-0.1, -0.05) is 48.5 Å². The molecule has 0 spiro atoms. The van der Waals surface area contributed by atoms with Crippen molar-refractivity contribution in [2.24, 2.45) is 0 Å². The van der Waals surface area contributed by atoms with Crippen molar-refractivity contribution in [3.8, 4) is 17.2 Å². The molecule has 0 amide bonds. The van der Waals surface area contributed by atoms with Crippen LogP contribution < -0.4 is 0 Å². The first-order chi connectivity index (χ1) is 13.9. The lowest BCUT2D eigenvalue weighted by Gasteiger charge is -2.15. The fourth-order valence-corrected chi connectivity index (χ4v) is 3.12. The molecule has 0 bridgehead atoms. The second-order valence-corrected chi connectivity index (χ2v) is 6.91. The van der Waals surface area contributed by atoms with Crippen LogP contribution in [0.25, 0.3) is 11.1 Å². The SMILES string of the molecule is Cc1ccc(C(=O)[C@H](C)OC(=O)c2ccccc2-c2ccccc2C#N)cc1C. The normalized spacial score (nSPS) is 11.4. The third-order valence-electron chi connectivity index (χ3n) is 4.93. The van der Waals surface area contributed by atoms with E-state index in [0.717, 1.165) is 11.1 Å². The van der Waals surface area contributed by atoms with Crippen LogP contribution >= 0.6 is 0 Å². The molecule has 0 aliphatic heterocycles. The van der Waals surface area contributed by atoms with Gasteiger partial charge in [0.2, 0.25) is 5.78 Å². The summed E-state index contributed by atoms with van der Waals surface area (Å²) in [6, 6.07) is 21.6. The van der Waals surface area contributed by atoms with Gasteiger partial charge < -0.3 is 4.74 Å². The number of ketones is 1. The number of carbonyl (C=O) groups excluding carboxylic acids is 2. The molecule has 0 saturated heterocycles. The lowest BCUT2D eigenvalue weighted by atomic mass is 9.96. The van der Waals surface area contributed by atoms with Gasteiger partial charge in [-0.3, -0.25) is 4.79 Å². The van der Waals surface area contributed by atoms with Crippen LogP contribution in [0.4, 0.5) is 0 Å². The predicted octanol–water partition coefficient (Wildman–Crippen LogP) is 5.27. The number of rotatable bonds is 5. The molecule has 3 aromatic carbocycles. The van der Waals surface area contributed by atoms with Crippen molar-refractivity contribution in [1.82, 2.24) is 0 Å². The van der Waals surface area contributed by atoms with E-state index in [4.69, 9.17) is 4.74 Å². The van der Waals surface area contributed by atoms with E-state index >= 15 is 0 Å². The second-order valence-electron chi connectivity index (χ2n) is 6.91. The maximum Gasteiger partial charge on any atom is 0.339 e. The van der Waals surface area contributed by atoms with Crippen LogP contribution in [0.15, 0.2) is 66.7 Å². The van der Waals surface area contributed by atoms with Gasteiger partial charge in [0.25, 0.3) is 0 Å². The average Bonchev–Trinajstić information content (AvgIpc) is 2.75. The number of nitriles is 1. The Morgan fingerprint density at radius 1 is 0.897 bits per heavy atom. The maximum atomic E-state index is 12.8. The van der Waals surface area contributed by atoms with Crippen molar-refractivity contribution in [3.63, 3.8) is 0 Å². The van der Waals surface area contributed by atoms with Gasteiger partial charge in [-0.05, 0) is 55.7 Å². The summed E-state index contributed by atoms with van der Waals surface area (Å²) < 4.78 is 5.49. The minimum absolute atomic E-state index is 0.253. The molecule has 29 heavy (non-hydrogen) atoms. The zero-order chi connectivity index (χ0) is 21.0. The molecule has 3 aromatic rings. The highest BCUT2D eigenvalue weighted by molar-refractivity contribution is 6.03. The molecule has 0 aliphatic rings. The molecule has 3 rings (SSSR count). The molecular formula is C25H21NO3. The molecule has 4 nitrogen and oxygen atoms in total. The van der Waals surface area contributed by atoms with Gasteiger partial charge in [0.1, 0.15) is 0 Å². The third-order valence-corrected chi connectivity index (χ3v) is 4.93. The van der Waals surface area contributed by atoms with Crippen LogP contribution in [0.5, 0.6) is 0 Å². The molecule has 0 unspecified atom stereocenters. The van der Waals surface area contributed by atoms with Gasteiger partial charge in [-0.25, -0.2) is 4.79 Å². The predicted molar refractivity (Wildman–Crippen MR) is 112 cm³/mol. The topological polar surface area (TPSA) is 67.2 Å². The van der Waals surface area contributed by atoms with Gasteiger partial charge in [0.15, 0.2) is 6.10 Å². The fourth-order valence-electron chi connectivity index (χ4n) is 3.12. The fraction of sp³-hybridized carbons (Fsp3) is 0.160. The van der Waals surface area contributed by atoms with E-state index in [1.165, 1.54) is 0 Å². The van der Waals surface area contributed by atoms with Gasteiger partial charge in [-0.2, -0.15) is 5.26 Å². The van der Waals surface area contributed by atoms with Crippen LogP contribution in [0.1, 0.15) is 44.3 Å². The Balaban J connectivity index is 1.87. The average molecular weight is 383 g/mol. The largest absolute Gasteiger partial charge is 0.451 e. The smallest absolute Gasteiger partial charge is 0.339 e. The molecule has 0 heterocycles. The number of carbonyl (C=O) groups is 2. The highest BCUT2D eigenvalue weighted by Crippen LogP contribution is 2.27. The maximum absolute atomic E-state index is 12.8. The Morgan fingerprint density at radius 3 is 2.24 bits per heavy atom. The molecule has 144 valence electrons. The van der Waals surface area contributed by atoms with E-state index < -0.39 is 12.1 Å². The van der Waals surface area contributed by atoms with Crippen LogP contribution in [0, 0.1) is 25.2 Å². The van der Waals surface area contributed by atoms with Crippen molar-refractivity contribution >= 4 is 11.8 Å². The Bertz CT molecular complexity index is 1120. The van der Waals surface area contributed by atoms with E-state index in [1.807, 2.05) is 26.0 Å². The molecule has 0 aliphatic carbocycles. The minimum Gasteiger partial charge on any atom is -0.451 e. The molecule has 0 saturated carbocycles. The van der Waals surface area contributed by atoms with Crippen LogP contribution in [-0.4, -0.2) is 17.9 Å². The minimum atomic E-state index is -0.927. The summed E-state index contributed by atoms with van der Waals surface area (Å²) >= 11 is 0. The lowest BCUT2D eigenvalue weighted by molar-refractivity contribution is 0.0319. The van der Waals surface area contributed by atoms with Crippen molar-refractivity contribution < 1.29 is 14.3 Å². The Morgan fingerprint density at radius 2 is 1.55 bits per heavy atom. The summed E-state index contributed by atoms with van der Waals surface area (Å²) in [6.07, 6.45) is -0.927. The molecule has 4 heteroatoms. The van der Waals surface area contributed by atoms with Gasteiger partial charge >= 0.3 is 5.97 Å². The molecule has 0 N–H and O–H groups in total. The van der Waals surface area contributed by atoms with E-state index in [-0.39, 0.29) is 5.78 Å². The quantitative estimate of drug-likeness (QED) is 0.445. The summed E-state index contributed by atoms with van der Waals surface area (Å²) in [4.78, 5) is 25.6. The van der Waals surface area contributed by atoms with Crippen molar-refractivity contribution in [2.75, 3.05) is 0 Å². The third kappa shape index (κ3) is 4.25. The number of Topliss-reactive ketones (excluding diaryl/α,β-unsaturated/α-hetero) is 1. The highest BCUT2D eigenvalue weighted by Gasteiger charge is 2.23. The monoisotopic (exact) mass is 383 g/mol. The van der Waals surface area contributed by atoms with Crippen LogP contribution in [0.3, 0.4) is 0 Å². The first-order valence-electron chi connectivity index (χ1n) is 9.33. The van der Waals surface area contributed by atoms with E-state index in [1.54, 1.807) is 61.5 Å². The van der Waals surface area contributed by atoms with E-state index in [2.05, 4.69) is 6.07 Å². The van der Waals surface area contributed by atoms with Crippen LogP contribution in [-0.2, 0) is 4.74 Å². The first-order valence-corrected chi connectivity index (χ1v) is 9.33. The zero-order valence-corrected chi connectivity index (χ0v) is 16.6. The summed E-state index contributed by atoms with van der Waals surface area (Å²) in [5.74, 6) is -0.852. The molecule has 1 atom stereocenters.